The average Bonchev–Trinajstić information content (AvgIpc) is 2.39. The number of hydrogen-bond acceptors (Lipinski definition) is 4. The van der Waals surface area contributed by atoms with Crippen molar-refractivity contribution >= 4 is 17.9 Å². The maximum Gasteiger partial charge on any atom is 0.407 e. The Bertz CT molecular complexity index is 307. The third-order valence-electron chi connectivity index (χ3n) is 2.50. The van der Waals surface area contributed by atoms with Gasteiger partial charge in [-0.15, -0.1) is 0 Å². The van der Waals surface area contributed by atoms with Crippen LogP contribution in [0, 0.1) is 17.2 Å². The normalized spacial score (nSPS) is 25.5. The number of alkyl carbamates (subject to hydrolysis) is 1. The summed E-state index contributed by atoms with van der Waals surface area (Å²) in [5.41, 5.74) is -0.494. The van der Waals surface area contributed by atoms with Gasteiger partial charge in [0.2, 0.25) is 0 Å². The van der Waals surface area contributed by atoms with E-state index >= 15 is 0 Å². The summed E-state index contributed by atoms with van der Waals surface area (Å²) in [7, 11) is 0. The van der Waals surface area contributed by atoms with Gasteiger partial charge in [0.15, 0.2) is 0 Å². The predicted molar refractivity (Wildman–Crippen MR) is 68.8 cm³/mol. The largest absolute Gasteiger partial charge is 0.444 e. The molecule has 96 valence electrons. The number of hydrogen-bond donors (Lipinski definition) is 1. The van der Waals surface area contributed by atoms with Gasteiger partial charge in [-0.3, -0.25) is 0 Å². The standard InChI is InChI=1S/C12H20N2O2S/c1-12(2,3)16-11(15)14-10-5-7-17-6-4-9(10)8-13/h9-10H,4-7H2,1-3H3,(H,14,15). The first-order valence-corrected chi connectivity index (χ1v) is 7.05. The number of amides is 1. The fraction of sp³-hybridized carbons (Fsp3) is 0.833. The summed E-state index contributed by atoms with van der Waals surface area (Å²) < 4.78 is 5.21. The molecule has 1 aliphatic rings. The molecule has 0 bridgehead atoms. The van der Waals surface area contributed by atoms with E-state index in [9.17, 15) is 4.79 Å². The Balaban J connectivity index is 2.53. The average molecular weight is 256 g/mol. The van der Waals surface area contributed by atoms with Gasteiger partial charge < -0.3 is 10.1 Å². The first-order chi connectivity index (χ1) is 7.92. The highest BCUT2D eigenvalue weighted by molar-refractivity contribution is 7.99. The summed E-state index contributed by atoms with van der Waals surface area (Å²) >= 11 is 1.84. The van der Waals surface area contributed by atoms with Crippen LogP contribution in [0.3, 0.4) is 0 Å². The molecule has 0 spiro atoms. The summed E-state index contributed by atoms with van der Waals surface area (Å²) in [6.07, 6.45) is 1.25. The highest BCUT2D eigenvalue weighted by Crippen LogP contribution is 2.22. The SMILES string of the molecule is CC(C)(C)OC(=O)NC1CCSCCC1C#N. The molecule has 1 saturated heterocycles. The molecule has 0 radical (unpaired) electrons. The van der Waals surface area contributed by atoms with Crippen molar-refractivity contribution in [2.75, 3.05) is 11.5 Å². The highest BCUT2D eigenvalue weighted by Gasteiger charge is 2.27. The second-order valence-corrected chi connectivity index (χ2v) is 6.40. The number of nitrogens with one attached hydrogen (secondary N) is 1. The zero-order chi connectivity index (χ0) is 12.9. The van der Waals surface area contributed by atoms with E-state index in [1.165, 1.54) is 0 Å². The Morgan fingerprint density at radius 1 is 1.41 bits per heavy atom. The third-order valence-corrected chi connectivity index (χ3v) is 3.55. The van der Waals surface area contributed by atoms with Gasteiger partial charge in [0.1, 0.15) is 5.60 Å². The Hall–Kier alpha value is -0.890. The molecule has 5 heteroatoms. The third kappa shape index (κ3) is 5.31. The van der Waals surface area contributed by atoms with Crippen LogP contribution in [0.2, 0.25) is 0 Å². The summed E-state index contributed by atoms with van der Waals surface area (Å²) in [5, 5.41) is 11.9. The lowest BCUT2D eigenvalue weighted by Gasteiger charge is -2.24. The Morgan fingerprint density at radius 3 is 2.65 bits per heavy atom. The molecule has 0 aromatic heterocycles. The van der Waals surface area contributed by atoms with E-state index in [0.29, 0.717) is 0 Å². The number of nitriles is 1. The molecule has 1 heterocycles. The van der Waals surface area contributed by atoms with Crippen LogP contribution >= 0.6 is 11.8 Å². The van der Waals surface area contributed by atoms with E-state index in [2.05, 4.69) is 11.4 Å². The van der Waals surface area contributed by atoms with Crippen molar-refractivity contribution in [3.63, 3.8) is 0 Å². The second kappa shape index (κ2) is 6.15. The number of rotatable bonds is 1. The van der Waals surface area contributed by atoms with E-state index in [1.54, 1.807) is 0 Å². The number of ether oxygens (including phenoxy) is 1. The Morgan fingerprint density at radius 2 is 2.06 bits per heavy atom. The van der Waals surface area contributed by atoms with Gasteiger partial charge in [-0.1, -0.05) is 0 Å². The van der Waals surface area contributed by atoms with Crippen LogP contribution in [-0.2, 0) is 4.74 Å². The van der Waals surface area contributed by atoms with Crippen molar-refractivity contribution in [3.8, 4) is 6.07 Å². The fourth-order valence-electron chi connectivity index (χ4n) is 1.71. The van der Waals surface area contributed by atoms with Crippen molar-refractivity contribution in [3.05, 3.63) is 0 Å². The van der Waals surface area contributed by atoms with Gasteiger partial charge in [0.05, 0.1) is 12.0 Å². The molecule has 2 atom stereocenters. The molecule has 4 nitrogen and oxygen atoms in total. The molecule has 0 aromatic carbocycles. The summed E-state index contributed by atoms with van der Waals surface area (Å²) in [6.45, 7) is 5.49. The lowest BCUT2D eigenvalue weighted by Crippen LogP contribution is -2.42. The molecule has 0 aliphatic carbocycles. The topological polar surface area (TPSA) is 62.1 Å². The van der Waals surface area contributed by atoms with Gasteiger partial charge in [-0.2, -0.15) is 17.0 Å². The quantitative estimate of drug-likeness (QED) is 0.783. The molecular weight excluding hydrogens is 236 g/mol. The minimum atomic E-state index is -0.494. The highest BCUT2D eigenvalue weighted by atomic mass is 32.2. The van der Waals surface area contributed by atoms with Crippen LogP contribution in [0.15, 0.2) is 0 Å². The van der Waals surface area contributed by atoms with Crippen LogP contribution in [-0.4, -0.2) is 29.2 Å². The van der Waals surface area contributed by atoms with Crippen LogP contribution in [0.1, 0.15) is 33.6 Å². The molecule has 1 aliphatic heterocycles. The predicted octanol–water partition coefficient (Wildman–Crippen LogP) is 2.55. The molecule has 1 rings (SSSR count). The van der Waals surface area contributed by atoms with Crippen LogP contribution in [0.4, 0.5) is 4.79 Å². The molecule has 17 heavy (non-hydrogen) atoms. The number of nitrogens with zero attached hydrogens (tertiary/aromatic N) is 1. The van der Waals surface area contributed by atoms with E-state index < -0.39 is 11.7 Å². The van der Waals surface area contributed by atoms with Crippen molar-refractivity contribution in [2.24, 2.45) is 5.92 Å². The first-order valence-electron chi connectivity index (χ1n) is 5.89. The van der Waals surface area contributed by atoms with Gasteiger partial charge in [0.25, 0.3) is 0 Å². The fourth-order valence-corrected chi connectivity index (χ4v) is 2.76. The summed E-state index contributed by atoms with van der Waals surface area (Å²) in [6, 6.07) is 2.20. The number of thioether (sulfide) groups is 1. The zero-order valence-corrected chi connectivity index (χ0v) is 11.5. The second-order valence-electron chi connectivity index (χ2n) is 5.18. The van der Waals surface area contributed by atoms with Gasteiger partial charge in [0, 0.05) is 6.04 Å². The minimum Gasteiger partial charge on any atom is -0.444 e. The summed E-state index contributed by atoms with van der Waals surface area (Å²) in [5.74, 6) is 1.88. The maximum atomic E-state index is 11.7. The Kier molecular flexibility index (Phi) is 5.13. The maximum absolute atomic E-state index is 11.7. The van der Waals surface area contributed by atoms with E-state index in [4.69, 9.17) is 10.00 Å². The van der Waals surface area contributed by atoms with E-state index in [1.807, 2.05) is 32.5 Å². The van der Waals surface area contributed by atoms with Crippen LogP contribution in [0.25, 0.3) is 0 Å². The smallest absolute Gasteiger partial charge is 0.407 e. The lowest BCUT2D eigenvalue weighted by atomic mass is 9.97. The van der Waals surface area contributed by atoms with Gasteiger partial charge >= 0.3 is 6.09 Å². The van der Waals surface area contributed by atoms with Crippen LogP contribution in [0.5, 0.6) is 0 Å². The molecule has 2 unspecified atom stereocenters. The van der Waals surface area contributed by atoms with Crippen molar-refractivity contribution in [2.45, 2.75) is 45.3 Å². The van der Waals surface area contributed by atoms with Crippen molar-refractivity contribution < 1.29 is 9.53 Å². The van der Waals surface area contributed by atoms with Crippen molar-refractivity contribution in [1.82, 2.24) is 5.32 Å². The molecular formula is C12H20N2O2S. The number of carbonyl (C=O) groups is 1. The zero-order valence-electron chi connectivity index (χ0n) is 10.7. The molecule has 0 saturated carbocycles. The molecule has 1 fully saturated rings. The molecule has 1 amide bonds. The number of carbonyl (C=O) groups excluding carboxylic acids is 1. The van der Waals surface area contributed by atoms with E-state index in [-0.39, 0.29) is 12.0 Å². The minimum absolute atomic E-state index is 0.0788. The molecule has 1 N–H and O–H groups in total. The van der Waals surface area contributed by atoms with E-state index in [0.717, 1.165) is 24.3 Å². The van der Waals surface area contributed by atoms with Gasteiger partial charge in [-0.25, -0.2) is 4.79 Å². The monoisotopic (exact) mass is 256 g/mol. The first kappa shape index (κ1) is 14.2. The lowest BCUT2D eigenvalue weighted by molar-refractivity contribution is 0.0492. The van der Waals surface area contributed by atoms with Crippen LogP contribution < -0.4 is 5.32 Å². The van der Waals surface area contributed by atoms with Gasteiger partial charge in [-0.05, 0) is 45.1 Å². The molecule has 0 aromatic rings. The van der Waals surface area contributed by atoms with Crippen molar-refractivity contribution in [1.29, 1.82) is 5.26 Å². The Labute approximate surface area is 107 Å². The summed E-state index contributed by atoms with van der Waals surface area (Å²) in [4.78, 5) is 11.7.